The smallest absolute Gasteiger partial charge is 0.319 e. The summed E-state index contributed by atoms with van der Waals surface area (Å²) in [5.41, 5.74) is 2.89. The van der Waals surface area contributed by atoms with Crippen molar-refractivity contribution in [2.75, 3.05) is 19.0 Å². The number of anilines is 1. The second-order valence-electron chi connectivity index (χ2n) is 8.22. The van der Waals surface area contributed by atoms with Gasteiger partial charge >= 0.3 is 6.03 Å². The number of methoxy groups -OCH3 is 1. The molecule has 2 aromatic carbocycles. The van der Waals surface area contributed by atoms with Crippen LogP contribution in [0.1, 0.15) is 45.7 Å². The first kappa shape index (κ1) is 19.8. The largest absolute Gasteiger partial charge is 0.497 e. The van der Waals surface area contributed by atoms with E-state index in [1.807, 2.05) is 42.5 Å². The van der Waals surface area contributed by atoms with E-state index >= 15 is 0 Å². The van der Waals surface area contributed by atoms with E-state index in [2.05, 4.69) is 51.3 Å². The molecule has 0 radical (unpaired) electrons. The molecule has 0 saturated carbocycles. The molecule has 26 heavy (non-hydrogen) atoms. The molecule has 0 unspecified atom stereocenters. The van der Waals surface area contributed by atoms with Crippen molar-refractivity contribution in [2.24, 2.45) is 0 Å². The third-order valence-corrected chi connectivity index (χ3v) is 4.55. The Hall–Kier alpha value is -2.49. The minimum absolute atomic E-state index is 0.0355. The number of carbonyl (C=O) groups excluding carboxylic acids is 1. The highest BCUT2D eigenvalue weighted by molar-refractivity contribution is 5.90. The normalized spacial score (nSPS) is 11.8. The highest BCUT2D eigenvalue weighted by Gasteiger charge is 2.22. The molecule has 0 saturated heterocycles. The molecule has 4 nitrogen and oxygen atoms in total. The van der Waals surface area contributed by atoms with Crippen LogP contribution in [0.15, 0.2) is 48.5 Å². The van der Waals surface area contributed by atoms with Crippen LogP contribution in [0.25, 0.3) is 0 Å². The molecule has 4 heteroatoms. The maximum absolute atomic E-state index is 12.4. The summed E-state index contributed by atoms with van der Waals surface area (Å²) in [7, 11) is 1.65. The molecule has 0 bridgehead atoms. The Kier molecular flexibility index (Phi) is 5.96. The van der Waals surface area contributed by atoms with E-state index in [4.69, 9.17) is 4.74 Å². The van der Waals surface area contributed by atoms with Gasteiger partial charge in [-0.15, -0.1) is 0 Å². The zero-order chi connectivity index (χ0) is 19.4. The Labute approximate surface area is 157 Å². The summed E-state index contributed by atoms with van der Waals surface area (Å²) in [6, 6.07) is 15.7. The van der Waals surface area contributed by atoms with E-state index in [0.29, 0.717) is 6.54 Å². The first-order valence-corrected chi connectivity index (χ1v) is 8.92. The maximum Gasteiger partial charge on any atom is 0.319 e. The second-order valence-corrected chi connectivity index (χ2v) is 8.22. The molecule has 0 fully saturated rings. The summed E-state index contributed by atoms with van der Waals surface area (Å²) in [5.74, 6) is 0.828. The van der Waals surface area contributed by atoms with Crippen LogP contribution in [0.3, 0.4) is 0 Å². The van der Waals surface area contributed by atoms with Crippen LogP contribution >= 0.6 is 0 Å². The first-order chi connectivity index (χ1) is 12.1. The van der Waals surface area contributed by atoms with Gasteiger partial charge in [0.05, 0.1) is 7.11 Å². The maximum atomic E-state index is 12.4. The Morgan fingerprint density at radius 2 is 1.58 bits per heavy atom. The van der Waals surface area contributed by atoms with E-state index < -0.39 is 0 Å². The highest BCUT2D eigenvalue weighted by Crippen LogP contribution is 2.29. The van der Waals surface area contributed by atoms with E-state index in [1.54, 1.807) is 7.11 Å². The van der Waals surface area contributed by atoms with Crippen LogP contribution in [-0.2, 0) is 10.8 Å². The molecule has 140 valence electrons. The van der Waals surface area contributed by atoms with Crippen LogP contribution in [0.4, 0.5) is 10.5 Å². The van der Waals surface area contributed by atoms with Gasteiger partial charge in [0.1, 0.15) is 5.75 Å². The minimum Gasteiger partial charge on any atom is -0.497 e. The topological polar surface area (TPSA) is 50.4 Å². The predicted octanol–water partition coefficient (Wildman–Crippen LogP) is 5.09. The summed E-state index contributed by atoms with van der Waals surface area (Å²) < 4.78 is 5.21. The number of amides is 2. The lowest BCUT2D eigenvalue weighted by atomic mass is 9.84. The molecule has 0 atom stereocenters. The Bertz CT molecular complexity index is 743. The molecule has 0 aliphatic rings. The molecule has 2 aromatic rings. The van der Waals surface area contributed by atoms with E-state index in [1.165, 1.54) is 0 Å². The second kappa shape index (κ2) is 7.81. The van der Waals surface area contributed by atoms with Crippen molar-refractivity contribution in [1.29, 1.82) is 0 Å². The summed E-state index contributed by atoms with van der Waals surface area (Å²) in [6.07, 6.45) is 0. The van der Waals surface area contributed by atoms with Crippen LogP contribution in [-0.4, -0.2) is 19.7 Å². The van der Waals surface area contributed by atoms with Gasteiger partial charge in [0.15, 0.2) is 0 Å². The van der Waals surface area contributed by atoms with Crippen molar-refractivity contribution in [3.63, 3.8) is 0 Å². The quantitative estimate of drug-likeness (QED) is 0.785. The zero-order valence-electron chi connectivity index (χ0n) is 16.6. The summed E-state index contributed by atoms with van der Waals surface area (Å²) in [6.45, 7) is 11.2. The van der Waals surface area contributed by atoms with Gasteiger partial charge in [-0.05, 0) is 34.7 Å². The van der Waals surface area contributed by atoms with Crippen molar-refractivity contribution in [3.8, 4) is 5.75 Å². The molecule has 0 heterocycles. The Morgan fingerprint density at radius 1 is 0.962 bits per heavy atom. The van der Waals surface area contributed by atoms with Crippen molar-refractivity contribution >= 4 is 11.7 Å². The van der Waals surface area contributed by atoms with Crippen molar-refractivity contribution in [1.82, 2.24) is 5.32 Å². The van der Waals surface area contributed by atoms with Crippen LogP contribution in [0.2, 0.25) is 0 Å². The molecule has 0 aliphatic heterocycles. The molecule has 0 spiro atoms. The summed E-state index contributed by atoms with van der Waals surface area (Å²) in [4.78, 5) is 12.4. The number of para-hydroxylation sites is 1. The van der Waals surface area contributed by atoms with Gasteiger partial charge in [0.25, 0.3) is 0 Å². The van der Waals surface area contributed by atoms with Gasteiger partial charge in [0, 0.05) is 17.6 Å². The molecule has 2 amide bonds. The Morgan fingerprint density at radius 3 is 2.15 bits per heavy atom. The fourth-order valence-electron chi connectivity index (χ4n) is 2.86. The van der Waals surface area contributed by atoms with Gasteiger partial charge in [-0.1, -0.05) is 65.0 Å². The van der Waals surface area contributed by atoms with Gasteiger partial charge in [-0.3, -0.25) is 0 Å². The van der Waals surface area contributed by atoms with Gasteiger partial charge in [-0.2, -0.15) is 0 Å². The lowest BCUT2D eigenvalue weighted by molar-refractivity contribution is 0.249. The van der Waals surface area contributed by atoms with E-state index in [0.717, 1.165) is 22.6 Å². The molecular weight excluding hydrogens is 324 g/mol. The number of hydrogen-bond donors (Lipinski definition) is 2. The fourth-order valence-corrected chi connectivity index (χ4v) is 2.86. The number of ether oxygens (including phenoxy) is 1. The molecule has 2 N–H and O–H groups in total. The average molecular weight is 354 g/mol. The number of benzene rings is 2. The standard InChI is InChI=1S/C22H30N2O2/c1-21(2,3)18-9-7-8-10-19(18)24-20(25)23-15-22(4,5)16-11-13-17(26-6)14-12-16/h7-14H,15H2,1-6H3,(H2,23,24,25). The molecule has 2 rings (SSSR count). The lowest BCUT2D eigenvalue weighted by Gasteiger charge is -2.27. The van der Waals surface area contributed by atoms with Crippen LogP contribution < -0.4 is 15.4 Å². The van der Waals surface area contributed by atoms with Crippen molar-refractivity contribution < 1.29 is 9.53 Å². The highest BCUT2D eigenvalue weighted by atomic mass is 16.5. The average Bonchev–Trinajstić information content (AvgIpc) is 2.60. The Balaban J connectivity index is 2.02. The zero-order valence-corrected chi connectivity index (χ0v) is 16.6. The predicted molar refractivity (Wildman–Crippen MR) is 108 cm³/mol. The van der Waals surface area contributed by atoms with Crippen molar-refractivity contribution in [2.45, 2.75) is 45.4 Å². The van der Waals surface area contributed by atoms with Crippen LogP contribution in [0, 0.1) is 0 Å². The fraction of sp³-hybridized carbons (Fsp3) is 0.409. The number of urea groups is 1. The SMILES string of the molecule is COc1ccc(C(C)(C)CNC(=O)Nc2ccccc2C(C)(C)C)cc1. The summed E-state index contributed by atoms with van der Waals surface area (Å²) in [5, 5.41) is 5.99. The number of hydrogen-bond acceptors (Lipinski definition) is 2. The van der Waals surface area contributed by atoms with Crippen molar-refractivity contribution in [3.05, 3.63) is 59.7 Å². The van der Waals surface area contributed by atoms with E-state index in [-0.39, 0.29) is 16.9 Å². The van der Waals surface area contributed by atoms with Gasteiger partial charge < -0.3 is 15.4 Å². The van der Waals surface area contributed by atoms with Gasteiger partial charge in [0.2, 0.25) is 0 Å². The monoisotopic (exact) mass is 354 g/mol. The third kappa shape index (κ3) is 5.01. The number of carbonyl (C=O) groups is 1. The number of rotatable bonds is 5. The summed E-state index contributed by atoms with van der Waals surface area (Å²) >= 11 is 0. The van der Waals surface area contributed by atoms with Gasteiger partial charge in [-0.25, -0.2) is 4.79 Å². The number of nitrogens with one attached hydrogen (secondary N) is 2. The minimum atomic E-state index is -0.191. The molecule has 0 aromatic heterocycles. The first-order valence-electron chi connectivity index (χ1n) is 8.92. The van der Waals surface area contributed by atoms with E-state index in [9.17, 15) is 4.79 Å². The third-order valence-electron chi connectivity index (χ3n) is 4.55. The molecular formula is C22H30N2O2. The lowest BCUT2D eigenvalue weighted by Crippen LogP contribution is -2.39. The van der Waals surface area contributed by atoms with Crippen LogP contribution in [0.5, 0.6) is 5.75 Å². The molecule has 0 aliphatic carbocycles.